The molecule has 1 heterocycles. The lowest BCUT2D eigenvalue weighted by molar-refractivity contribution is -0.141. The van der Waals surface area contributed by atoms with Crippen LogP contribution in [0.3, 0.4) is 0 Å². The number of nitrogens with zero attached hydrogens (tertiary/aromatic N) is 2. The first-order valence-electron chi connectivity index (χ1n) is 7.07. The van der Waals surface area contributed by atoms with Crippen molar-refractivity contribution in [3.8, 4) is 0 Å². The molecule has 0 unspecified atom stereocenters. The Morgan fingerprint density at radius 2 is 2.13 bits per heavy atom. The molecule has 0 saturated heterocycles. The molecule has 0 atom stereocenters. The first-order valence-corrected chi connectivity index (χ1v) is 7.84. The van der Waals surface area contributed by atoms with Crippen molar-refractivity contribution < 1.29 is 14.3 Å². The minimum atomic E-state index is -0.290. The van der Waals surface area contributed by atoms with Crippen molar-refractivity contribution in [3.05, 3.63) is 47.2 Å². The van der Waals surface area contributed by atoms with Gasteiger partial charge < -0.3 is 10.1 Å². The second-order valence-corrected chi connectivity index (χ2v) is 6.04. The van der Waals surface area contributed by atoms with Crippen molar-refractivity contribution in [1.82, 2.24) is 9.27 Å². The molecule has 0 saturated carbocycles. The Labute approximate surface area is 139 Å². The predicted octanol–water partition coefficient (Wildman–Crippen LogP) is 2.31. The molecule has 0 aliphatic rings. The summed E-state index contributed by atoms with van der Waals surface area (Å²) in [5, 5.41) is 3.55. The van der Waals surface area contributed by atoms with Crippen LogP contribution < -0.4 is 5.32 Å². The van der Waals surface area contributed by atoms with Gasteiger partial charge in [-0.25, -0.2) is 0 Å². The first-order chi connectivity index (χ1) is 11.0. The number of ether oxygens (including phenoxy) is 1. The van der Waals surface area contributed by atoms with E-state index in [4.69, 9.17) is 0 Å². The summed E-state index contributed by atoms with van der Waals surface area (Å²) in [6.07, 6.45) is 0. The fourth-order valence-corrected chi connectivity index (χ4v) is 2.73. The number of nitrogens with one attached hydrogen (secondary N) is 1. The molecular weight excluding hydrogens is 314 g/mol. The summed E-state index contributed by atoms with van der Waals surface area (Å²) in [7, 11) is 3.19. The highest BCUT2D eigenvalue weighted by molar-refractivity contribution is 7.10. The highest BCUT2D eigenvalue weighted by Gasteiger charge is 2.11. The maximum Gasteiger partial charge on any atom is 0.319 e. The van der Waals surface area contributed by atoms with E-state index in [0.717, 1.165) is 16.3 Å². The van der Waals surface area contributed by atoms with E-state index in [1.54, 1.807) is 6.07 Å². The second-order valence-electron chi connectivity index (χ2n) is 5.24. The van der Waals surface area contributed by atoms with Gasteiger partial charge in [-0.2, -0.15) is 4.37 Å². The number of esters is 1. The predicted molar refractivity (Wildman–Crippen MR) is 89.6 cm³/mol. The van der Waals surface area contributed by atoms with E-state index in [1.807, 2.05) is 43.1 Å². The third kappa shape index (κ3) is 5.15. The summed E-state index contributed by atoms with van der Waals surface area (Å²) >= 11 is 1.26. The van der Waals surface area contributed by atoms with Crippen LogP contribution in [0.4, 0.5) is 5.00 Å². The van der Waals surface area contributed by atoms with Gasteiger partial charge in [0.25, 0.3) is 5.91 Å². The number of carbonyl (C=O) groups is 2. The molecule has 23 heavy (non-hydrogen) atoms. The Balaban J connectivity index is 2.01. The van der Waals surface area contributed by atoms with Crippen molar-refractivity contribution in [2.24, 2.45) is 0 Å². The van der Waals surface area contributed by atoms with E-state index in [9.17, 15) is 9.59 Å². The van der Waals surface area contributed by atoms with Gasteiger partial charge >= 0.3 is 5.97 Å². The molecule has 2 rings (SSSR count). The maximum atomic E-state index is 12.3. The van der Waals surface area contributed by atoms with Gasteiger partial charge in [-0.05, 0) is 49.3 Å². The molecule has 1 aromatic carbocycles. The number of likely N-dealkylation sites (N-methyl/N-ethyl adjacent to an activating group) is 1. The van der Waals surface area contributed by atoms with Crippen molar-refractivity contribution in [2.45, 2.75) is 13.5 Å². The zero-order valence-electron chi connectivity index (χ0n) is 13.3. The molecule has 0 radical (unpaired) electrons. The molecule has 122 valence electrons. The van der Waals surface area contributed by atoms with Crippen molar-refractivity contribution >= 4 is 28.4 Å². The van der Waals surface area contributed by atoms with Crippen LogP contribution in [-0.2, 0) is 16.1 Å². The van der Waals surface area contributed by atoms with E-state index in [2.05, 4.69) is 14.4 Å². The average Bonchev–Trinajstić information content (AvgIpc) is 2.92. The zero-order chi connectivity index (χ0) is 16.8. The molecule has 0 fully saturated rings. The number of aryl methyl sites for hydroxylation is 1. The molecule has 0 aliphatic carbocycles. The molecular formula is C16H19N3O3S. The zero-order valence-corrected chi connectivity index (χ0v) is 14.1. The fourth-order valence-electron chi connectivity index (χ4n) is 2.07. The standard InChI is InChI=1S/C16H19N3O3S/c1-11-7-14(23-18-11)17-16(21)13-6-4-5-12(8-13)9-19(2)10-15(20)22-3/h4-8H,9-10H2,1-3H3,(H,17,21). The summed E-state index contributed by atoms with van der Waals surface area (Å²) in [4.78, 5) is 25.4. The molecule has 1 N–H and O–H groups in total. The summed E-state index contributed by atoms with van der Waals surface area (Å²) in [5.41, 5.74) is 2.40. The number of amides is 1. The SMILES string of the molecule is COC(=O)CN(C)Cc1cccc(C(=O)Nc2cc(C)ns2)c1. The highest BCUT2D eigenvalue weighted by atomic mass is 32.1. The van der Waals surface area contributed by atoms with Gasteiger partial charge in [-0.3, -0.25) is 14.5 Å². The normalized spacial score (nSPS) is 10.6. The topological polar surface area (TPSA) is 71.5 Å². The van der Waals surface area contributed by atoms with Gasteiger partial charge in [0.05, 0.1) is 19.3 Å². The van der Waals surface area contributed by atoms with Crippen LogP contribution in [0, 0.1) is 6.92 Å². The van der Waals surface area contributed by atoms with Crippen LogP contribution in [-0.4, -0.2) is 41.9 Å². The van der Waals surface area contributed by atoms with Crippen LogP contribution in [0.15, 0.2) is 30.3 Å². The van der Waals surface area contributed by atoms with Crippen LogP contribution in [0.1, 0.15) is 21.6 Å². The Morgan fingerprint density at radius 1 is 1.35 bits per heavy atom. The van der Waals surface area contributed by atoms with E-state index in [1.165, 1.54) is 18.6 Å². The lowest BCUT2D eigenvalue weighted by Gasteiger charge is -2.15. The molecule has 7 heteroatoms. The minimum absolute atomic E-state index is 0.175. The van der Waals surface area contributed by atoms with Crippen molar-refractivity contribution in [2.75, 3.05) is 26.0 Å². The van der Waals surface area contributed by atoms with Gasteiger partial charge in [0, 0.05) is 12.1 Å². The average molecular weight is 333 g/mol. The number of aromatic nitrogens is 1. The monoisotopic (exact) mass is 333 g/mol. The van der Waals surface area contributed by atoms with Gasteiger partial charge in [0.2, 0.25) is 0 Å². The quantitative estimate of drug-likeness (QED) is 0.821. The number of hydrogen-bond donors (Lipinski definition) is 1. The number of rotatable bonds is 6. The van der Waals surface area contributed by atoms with E-state index in [0.29, 0.717) is 12.1 Å². The minimum Gasteiger partial charge on any atom is -0.468 e. The van der Waals surface area contributed by atoms with Crippen LogP contribution in [0.2, 0.25) is 0 Å². The number of benzene rings is 1. The Hall–Kier alpha value is -2.25. The second kappa shape index (κ2) is 7.85. The van der Waals surface area contributed by atoms with Crippen LogP contribution >= 0.6 is 11.5 Å². The Bertz CT molecular complexity index is 699. The Kier molecular flexibility index (Phi) is 5.84. The largest absolute Gasteiger partial charge is 0.468 e. The Morgan fingerprint density at radius 3 is 2.78 bits per heavy atom. The third-order valence-corrected chi connectivity index (χ3v) is 3.93. The first kappa shape index (κ1) is 17.1. The van der Waals surface area contributed by atoms with Gasteiger partial charge in [0.1, 0.15) is 5.00 Å². The molecule has 1 aromatic heterocycles. The molecule has 1 amide bonds. The van der Waals surface area contributed by atoms with Crippen molar-refractivity contribution in [3.63, 3.8) is 0 Å². The number of carbonyl (C=O) groups excluding carboxylic acids is 2. The van der Waals surface area contributed by atoms with E-state index < -0.39 is 0 Å². The van der Waals surface area contributed by atoms with E-state index >= 15 is 0 Å². The molecule has 2 aromatic rings. The highest BCUT2D eigenvalue weighted by Crippen LogP contribution is 2.17. The van der Waals surface area contributed by atoms with E-state index in [-0.39, 0.29) is 18.4 Å². The summed E-state index contributed by atoms with van der Waals surface area (Å²) in [6, 6.07) is 9.15. The van der Waals surface area contributed by atoms with Gasteiger partial charge in [-0.15, -0.1) is 0 Å². The lowest BCUT2D eigenvalue weighted by Crippen LogP contribution is -2.26. The molecule has 0 aliphatic heterocycles. The molecule has 6 nitrogen and oxygen atoms in total. The summed E-state index contributed by atoms with van der Waals surface area (Å²) in [6.45, 7) is 2.63. The fraction of sp³-hybridized carbons (Fsp3) is 0.312. The van der Waals surface area contributed by atoms with Crippen molar-refractivity contribution in [1.29, 1.82) is 0 Å². The van der Waals surface area contributed by atoms with Crippen LogP contribution in [0.5, 0.6) is 0 Å². The molecule has 0 spiro atoms. The summed E-state index contributed by atoms with van der Waals surface area (Å²) in [5.74, 6) is -0.465. The molecule has 0 bridgehead atoms. The maximum absolute atomic E-state index is 12.3. The lowest BCUT2D eigenvalue weighted by atomic mass is 10.1. The third-order valence-electron chi connectivity index (χ3n) is 3.13. The van der Waals surface area contributed by atoms with Crippen LogP contribution in [0.25, 0.3) is 0 Å². The number of methoxy groups -OCH3 is 1. The smallest absolute Gasteiger partial charge is 0.319 e. The number of anilines is 1. The number of hydrogen-bond acceptors (Lipinski definition) is 6. The van der Waals surface area contributed by atoms with Gasteiger partial charge in [0.15, 0.2) is 0 Å². The summed E-state index contributed by atoms with van der Waals surface area (Å²) < 4.78 is 8.77. The van der Waals surface area contributed by atoms with Gasteiger partial charge in [-0.1, -0.05) is 12.1 Å².